The smallest absolute Gasteiger partial charge is 0.0894 e. The maximum absolute atomic E-state index is 4.59. The molecule has 37 heavy (non-hydrogen) atoms. The average molecular weight is 662 g/mol. The molecule has 6 rings (SSSR count). The zero-order chi connectivity index (χ0) is 24.4. The van der Waals surface area contributed by atoms with E-state index in [4.69, 9.17) is 0 Å². The second-order valence-corrected chi connectivity index (χ2v) is 7.68. The van der Waals surface area contributed by atoms with Gasteiger partial charge in [-0.15, -0.1) is 0 Å². The largest absolute Gasteiger partial charge is 0.255 e. The van der Waals surface area contributed by atoms with E-state index in [2.05, 4.69) is 29.9 Å². The summed E-state index contributed by atoms with van der Waals surface area (Å²) >= 11 is 0. The van der Waals surface area contributed by atoms with Gasteiger partial charge in [-0.2, -0.15) is 0 Å². The minimum atomic E-state index is 0. The topological polar surface area (TPSA) is 77.3 Å². The second-order valence-electron chi connectivity index (χ2n) is 7.68. The fraction of sp³-hybridized carbons (Fsp3) is 0. The molecule has 0 bridgehead atoms. The summed E-state index contributed by atoms with van der Waals surface area (Å²) in [4.78, 5) is 26.4. The predicted molar refractivity (Wildman–Crippen MR) is 141 cm³/mol. The van der Waals surface area contributed by atoms with Crippen LogP contribution in [-0.2, 0) is 21.1 Å². The van der Waals surface area contributed by atoms with Crippen LogP contribution in [0.1, 0.15) is 0 Å². The number of rotatable bonds is 4. The molecule has 0 aliphatic heterocycles. The van der Waals surface area contributed by atoms with Gasteiger partial charge in [0.1, 0.15) is 0 Å². The molecule has 0 radical (unpaired) electrons. The van der Waals surface area contributed by atoms with Gasteiger partial charge < -0.3 is 0 Å². The number of hydrogen-bond donors (Lipinski definition) is 0. The summed E-state index contributed by atoms with van der Waals surface area (Å²) in [6.07, 6.45) is 7.07. The van der Waals surface area contributed by atoms with E-state index in [1.807, 2.05) is 109 Å². The summed E-state index contributed by atoms with van der Waals surface area (Å²) in [5.74, 6) is 0. The third-order valence-electron chi connectivity index (χ3n) is 5.21. The van der Waals surface area contributed by atoms with Crippen molar-refractivity contribution in [1.29, 1.82) is 0 Å². The first-order valence-electron chi connectivity index (χ1n) is 11.5. The molecule has 7 heteroatoms. The summed E-state index contributed by atoms with van der Waals surface area (Å²) in [5.41, 5.74) is 6.92. The van der Waals surface area contributed by atoms with Crippen LogP contribution >= 0.6 is 0 Å². The van der Waals surface area contributed by atoms with Crippen LogP contribution in [0.2, 0.25) is 0 Å². The quantitative estimate of drug-likeness (QED) is 0.218. The Morgan fingerprint density at radius 2 is 0.514 bits per heavy atom. The van der Waals surface area contributed by atoms with E-state index in [1.165, 1.54) is 0 Å². The molecule has 6 heterocycles. The fourth-order valence-corrected chi connectivity index (χ4v) is 3.50. The van der Waals surface area contributed by atoms with Gasteiger partial charge in [0.2, 0.25) is 0 Å². The van der Waals surface area contributed by atoms with E-state index in [1.54, 1.807) is 24.8 Å². The van der Waals surface area contributed by atoms with E-state index in [0.29, 0.717) is 0 Å². The molecule has 6 aromatic rings. The summed E-state index contributed by atoms with van der Waals surface area (Å²) in [6, 6.07) is 35.0. The molecule has 0 amide bonds. The minimum Gasteiger partial charge on any atom is -0.255 e. The van der Waals surface area contributed by atoms with Gasteiger partial charge in [-0.25, -0.2) is 9.97 Å². The summed E-state index contributed by atoms with van der Waals surface area (Å²) in [6.45, 7) is 0. The van der Waals surface area contributed by atoms with Crippen molar-refractivity contribution >= 4 is 0 Å². The van der Waals surface area contributed by atoms with Crippen LogP contribution in [0.15, 0.2) is 134 Å². The SMILES string of the molecule is [Pt].c1ccc(-c2cccc(-c3ccccn3)n2)nc1.c1ccc(-c2cccc(-c3ccccn3)n2)nc1. The molecule has 0 aliphatic carbocycles. The second kappa shape index (κ2) is 13.1. The number of nitrogens with zero attached hydrogens (tertiary/aromatic N) is 6. The number of hydrogen-bond acceptors (Lipinski definition) is 6. The van der Waals surface area contributed by atoms with Gasteiger partial charge in [0.15, 0.2) is 0 Å². The molecule has 0 unspecified atom stereocenters. The van der Waals surface area contributed by atoms with E-state index in [9.17, 15) is 0 Å². The standard InChI is InChI=1S/2C15H11N3.Pt/c2*1-3-10-16-12(6-1)14-8-5-9-15(18-14)13-7-2-4-11-17-13;/h2*1-11H;. The molecule has 0 aliphatic rings. The Morgan fingerprint density at radius 3 is 0.730 bits per heavy atom. The molecular weight excluding hydrogens is 639 g/mol. The third kappa shape index (κ3) is 6.84. The minimum absolute atomic E-state index is 0. The molecule has 0 atom stereocenters. The van der Waals surface area contributed by atoms with Crippen molar-refractivity contribution in [2.75, 3.05) is 0 Å². The Kier molecular flexibility index (Phi) is 9.06. The molecule has 0 spiro atoms. The first-order chi connectivity index (χ1) is 17.9. The van der Waals surface area contributed by atoms with Crippen molar-refractivity contribution in [1.82, 2.24) is 29.9 Å². The third-order valence-corrected chi connectivity index (χ3v) is 5.21. The van der Waals surface area contributed by atoms with Crippen molar-refractivity contribution in [2.24, 2.45) is 0 Å². The normalized spacial score (nSPS) is 9.95. The van der Waals surface area contributed by atoms with Crippen molar-refractivity contribution in [3.05, 3.63) is 134 Å². The van der Waals surface area contributed by atoms with Gasteiger partial charge in [0.25, 0.3) is 0 Å². The van der Waals surface area contributed by atoms with Gasteiger partial charge in [-0.3, -0.25) is 19.9 Å². The monoisotopic (exact) mass is 661 g/mol. The van der Waals surface area contributed by atoms with Crippen LogP contribution in [0, 0.1) is 0 Å². The van der Waals surface area contributed by atoms with Crippen molar-refractivity contribution in [3.63, 3.8) is 0 Å². The van der Waals surface area contributed by atoms with Gasteiger partial charge in [-0.05, 0) is 72.8 Å². The van der Waals surface area contributed by atoms with Crippen LogP contribution in [0.4, 0.5) is 0 Å². The van der Waals surface area contributed by atoms with Crippen LogP contribution in [0.5, 0.6) is 0 Å². The van der Waals surface area contributed by atoms with Gasteiger partial charge in [-0.1, -0.05) is 36.4 Å². The van der Waals surface area contributed by atoms with Gasteiger partial charge >= 0.3 is 0 Å². The van der Waals surface area contributed by atoms with Crippen molar-refractivity contribution < 1.29 is 21.1 Å². The Balaban J connectivity index is 0.000000168. The molecule has 6 aromatic heterocycles. The molecule has 0 saturated carbocycles. The molecule has 0 N–H and O–H groups in total. The zero-order valence-corrected chi connectivity index (χ0v) is 22.0. The molecular formula is C30H22N6Pt. The Bertz CT molecular complexity index is 1290. The zero-order valence-electron chi connectivity index (χ0n) is 19.7. The van der Waals surface area contributed by atoms with E-state index in [-0.39, 0.29) is 21.1 Å². The number of aromatic nitrogens is 6. The first-order valence-corrected chi connectivity index (χ1v) is 11.5. The molecule has 182 valence electrons. The Hall–Kier alpha value is -4.41. The van der Waals surface area contributed by atoms with E-state index < -0.39 is 0 Å². The van der Waals surface area contributed by atoms with Crippen LogP contribution in [-0.4, -0.2) is 29.9 Å². The van der Waals surface area contributed by atoms with Crippen LogP contribution in [0.25, 0.3) is 45.6 Å². The average Bonchev–Trinajstić information content (AvgIpc) is 2.99. The number of pyridine rings is 6. The summed E-state index contributed by atoms with van der Waals surface area (Å²) < 4.78 is 0. The summed E-state index contributed by atoms with van der Waals surface area (Å²) in [5, 5.41) is 0. The van der Waals surface area contributed by atoms with E-state index in [0.717, 1.165) is 45.6 Å². The molecule has 6 nitrogen and oxygen atoms in total. The van der Waals surface area contributed by atoms with Crippen molar-refractivity contribution in [2.45, 2.75) is 0 Å². The Labute approximate surface area is 229 Å². The van der Waals surface area contributed by atoms with Crippen LogP contribution in [0.3, 0.4) is 0 Å². The maximum Gasteiger partial charge on any atom is 0.0894 e. The molecule has 0 aromatic carbocycles. The van der Waals surface area contributed by atoms with E-state index >= 15 is 0 Å². The first kappa shape index (κ1) is 25.7. The fourth-order valence-electron chi connectivity index (χ4n) is 3.50. The maximum atomic E-state index is 4.59. The molecule has 0 fully saturated rings. The van der Waals surface area contributed by atoms with Gasteiger partial charge in [0, 0.05) is 45.9 Å². The van der Waals surface area contributed by atoms with Crippen LogP contribution < -0.4 is 0 Å². The van der Waals surface area contributed by atoms with Crippen molar-refractivity contribution in [3.8, 4) is 45.6 Å². The predicted octanol–water partition coefficient (Wildman–Crippen LogP) is 6.41. The Morgan fingerprint density at radius 1 is 0.270 bits per heavy atom. The van der Waals surface area contributed by atoms with Gasteiger partial charge in [0.05, 0.1) is 45.6 Å². The summed E-state index contributed by atoms with van der Waals surface area (Å²) in [7, 11) is 0. The molecule has 0 saturated heterocycles.